The Bertz CT molecular complexity index is 2170. The van der Waals surface area contributed by atoms with Crippen molar-refractivity contribution < 1.29 is 17.8 Å². The summed E-state index contributed by atoms with van der Waals surface area (Å²) in [6.07, 6.45) is 5.99. The van der Waals surface area contributed by atoms with Gasteiger partial charge in [-0.05, 0) is 85.6 Å². The van der Waals surface area contributed by atoms with Crippen molar-refractivity contribution in [3.8, 4) is 22.7 Å². The third kappa shape index (κ3) is 8.23. The highest BCUT2D eigenvalue weighted by Gasteiger charge is 2.29. The Morgan fingerprint density at radius 1 is 0.918 bits per heavy atom. The number of thiazole rings is 1. The zero-order valence-electron chi connectivity index (χ0n) is 26.7. The van der Waals surface area contributed by atoms with Crippen LogP contribution in [0.2, 0.25) is 0 Å². The second kappa shape index (κ2) is 15.4. The average Bonchev–Trinajstić information content (AvgIpc) is 3.66. The number of nitrogens with zero attached hydrogens (tertiary/aromatic N) is 7. The first-order valence-electron chi connectivity index (χ1n) is 15.1. The summed E-state index contributed by atoms with van der Waals surface area (Å²) in [7, 11) is -4.42. The summed E-state index contributed by atoms with van der Waals surface area (Å²) in [4.78, 5) is 23.5. The Labute approximate surface area is 288 Å². The molecule has 0 bridgehead atoms. The molecule has 6 rings (SSSR count). The highest BCUT2D eigenvalue weighted by atomic mass is 32.2. The van der Waals surface area contributed by atoms with E-state index in [1.54, 1.807) is 68.7 Å². The molecule has 2 aromatic heterocycles. The number of hydrogen-bond donors (Lipinski definition) is 1. The van der Waals surface area contributed by atoms with Crippen molar-refractivity contribution in [1.29, 1.82) is 10.5 Å². The molecule has 1 aliphatic rings. The highest BCUT2D eigenvalue weighted by molar-refractivity contribution is 7.86. The lowest BCUT2D eigenvalue weighted by atomic mass is 10.1. The van der Waals surface area contributed by atoms with Gasteiger partial charge in [-0.3, -0.25) is 14.3 Å². The molecular formula is C36H31N7O4S2. The number of anilines is 2. The van der Waals surface area contributed by atoms with Crippen molar-refractivity contribution in [3.63, 3.8) is 0 Å². The molecule has 49 heavy (non-hydrogen) atoms. The van der Waals surface area contributed by atoms with Crippen LogP contribution in [0.4, 0.5) is 11.4 Å². The maximum Gasteiger partial charge on any atom is 0.296 e. The molecule has 0 saturated carbocycles. The van der Waals surface area contributed by atoms with E-state index in [0.717, 1.165) is 16.8 Å². The summed E-state index contributed by atoms with van der Waals surface area (Å²) in [5, 5.41) is 24.3. The van der Waals surface area contributed by atoms with Gasteiger partial charge in [-0.15, -0.1) is 11.3 Å². The number of amides is 1. The van der Waals surface area contributed by atoms with Gasteiger partial charge < -0.3 is 4.90 Å². The van der Waals surface area contributed by atoms with Gasteiger partial charge in [0.25, 0.3) is 16.0 Å². The minimum absolute atomic E-state index is 0.137. The van der Waals surface area contributed by atoms with Crippen molar-refractivity contribution in [3.05, 3.63) is 108 Å². The Hall–Kier alpha value is -5.73. The molecule has 3 aromatic carbocycles. The van der Waals surface area contributed by atoms with E-state index in [-0.39, 0.29) is 10.8 Å². The lowest BCUT2D eigenvalue weighted by molar-refractivity contribution is -0.114. The van der Waals surface area contributed by atoms with E-state index in [0.29, 0.717) is 63.7 Å². The number of hydrazone groups is 1. The smallest absolute Gasteiger partial charge is 0.296 e. The molecule has 13 heteroatoms. The minimum Gasteiger partial charge on any atom is -0.369 e. The maximum atomic E-state index is 13.4. The fourth-order valence-electron chi connectivity index (χ4n) is 5.12. The molecule has 0 radical (unpaired) electrons. The second-order valence-corrected chi connectivity index (χ2v) is 13.2. The first kappa shape index (κ1) is 34.6. The van der Waals surface area contributed by atoms with Crippen molar-refractivity contribution >= 4 is 60.7 Å². The van der Waals surface area contributed by atoms with Crippen LogP contribution < -0.4 is 9.91 Å². The lowest BCUT2D eigenvalue weighted by Crippen LogP contribution is -2.25. The summed E-state index contributed by atoms with van der Waals surface area (Å²) in [6, 6.07) is 28.0. The maximum absolute atomic E-state index is 13.4. The monoisotopic (exact) mass is 689 g/mol. The van der Waals surface area contributed by atoms with Crippen molar-refractivity contribution in [1.82, 2.24) is 9.97 Å². The van der Waals surface area contributed by atoms with Crippen LogP contribution in [0.3, 0.4) is 0 Å². The van der Waals surface area contributed by atoms with Crippen LogP contribution in [-0.4, -0.2) is 47.6 Å². The number of aryl methyl sites for hydroxylation is 1. The number of rotatable bonds is 9. The summed E-state index contributed by atoms with van der Waals surface area (Å²) >= 11 is 1.17. The zero-order valence-corrected chi connectivity index (χ0v) is 28.3. The Morgan fingerprint density at radius 2 is 1.57 bits per heavy atom. The van der Waals surface area contributed by atoms with Gasteiger partial charge in [-0.2, -0.15) is 29.1 Å². The van der Waals surface area contributed by atoms with Crippen LogP contribution in [-0.2, 0) is 14.9 Å². The molecular weight excluding hydrogens is 659 g/mol. The highest BCUT2D eigenvalue weighted by Crippen LogP contribution is 2.37. The van der Waals surface area contributed by atoms with E-state index in [1.165, 1.54) is 16.3 Å². The molecule has 1 amide bonds. The van der Waals surface area contributed by atoms with Gasteiger partial charge in [0.15, 0.2) is 0 Å². The third-order valence-electron chi connectivity index (χ3n) is 7.51. The Kier molecular flexibility index (Phi) is 10.9. The molecule has 11 nitrogen and oxygen atoms in total. The summed E-state index contributed by atoms with van der Waals surface area (Å²) in [5.74, 6) is -0.271. The first-order chi connectivity index (χ1) is 23.6. The van der Waals surface area contributed by atoms with Crippen LogP contribution in [0, 0.1) is 29.6 Å². The van der Waals surface area contributed by atoms with E-state index >= 15 is 0 Å². The molecule has 0 unspecified atom stereocenters. The number of nitriles is 2. The predicted molar refractivity (Wildman–Crippen MR) is 192 cm³/mol. The first-order valence-corrected chi connectivity index (χ1v) is 17.4. The van der Waals surface area contributed by atoms with E-state index in [1.807, 2.05) is 47.4 Å². The van der Waals surface area contributed by atoms with Gasteiger partial charge in [0.2, 0.25) is 0 Å². The molecule has 0 atom stereocenters. The lowest BCUT2D eigenvalue weighted by Gasteiger charge is -2.22. The topological polar surface area (TPSA) is 164 Å². The largest absolute Gasteiger partial charge is 0.369 e. The SMILES string of the molecule is CC1=NN(c2ccc(-c3nc4ccc(C)c(S(=O)(=O)O)c4s3)cc2)C(=O)/C1=C\c1ccc(N(CCC#N)CCC#N)cc1.c1ccncc1. The number of hydrogen-bond acceptors (Lipinski definition) is 10. The van der Waals surface area contributed by atoms with Gasteiger partial charge >= 0.3 is 0 Å². The molecule has 1 N–H and O–H groups in total. The molecule has 0 spiro atoms. The molecule has 0 aliphatic carbocycles. The standard InChI is InChI=1S/C31H26N6O4S2.C5H5N/c1-20-5-14-27-28(29(20)43(39,40)41)42-30(34-27)23-8-12-25(13-9-23)37-31(38)26(21(2)35-37)19-22-6-10-24(11-7-22)36(17-3-15-32)18-4-16-33;1-2-4-6-5-3-1/h5-14,19H,3-4,17-18H2,1-2H3,(H,39,40,41);1-5H/b26-19-;. The number of carbonyl (C=O) groups is 1. The number of carbonyl (C=O) groups excluding carboxylic acids is 1. The quantitative estimate of drug-likeness (QED) is 0.126. The third-order valence-corrected chi connectivity index (χ3v) is 9.82. The number of benzene rings is 3. The normalized spacial score (nSPS) is 13.4. The average molecular weight is 690 g/mol. The van der Waals surface area contributed by atoms with Gasteiger partial charge in [-0.25, -0.2) is 4.98 Å². The summed E-state index contributed by atoms with van der Waals surface area (Å²) in [6.45, 7) is 4.45. The van der Waals surface area contributed by atoms with Crippen molar-refractivity contribution in [2.24, 2.45) is 5.10 Å². The van der Waals surface area contributed by atoms with Crippen molar-refractivity contribution in [2.45, 2.75) is 31.6 Å². The van der Waals surface area contributed by atoms with Crippen LogP contribution in [0.15, 0.2) is 107 Å². The Morgan fingerprint density at radius 3 is 2.12 bits per heavy atom. The van der Waals surface area contributed by atoms with E-state index in [4.69, 9.17) is 10.5 Å². The fourth-order valence-corrected chi connectivity index (χ4v) is 7.43. The molecule has 246 valence electrons. The Balaban J connectivity index is 0.000000704. The van der Waals surface area contributed by atoms with Crippen LogP contribution in [0.1, 0.15) is 30.9 Å². The van der Waals surface area contributed by atoms with Gasteiger partial charge in [0, 0.05) is 36.7 Å². The number of fused-ring (bicyclic) bond motifs is 1. The molecule has 3 heterocycles. The molecule has 5 aromatic rings. The van der Waals surface area contributed by atoms with E-state index in [2.05, 4.69) is 27.2 Å². The van der Waals surface area contributed by atoms with Crippen LogP contribution >= 0.6 is 11.3 Å². The fraction of sp³-hybridized carbons (Fsp3) is 0.167. The summed E-state index contributed by atoms with van der Waals surface area (Å²) < 4.78 is 34.1. The van der Waals surface area contributed by atoms with Gasteiger partial charge in [-0.1, -0.05) is 24.3 Å². The van der Waals surface area contributed by atoms with Gasteiger partial charge in [0.1, 0.15) is 9.90 Å². The van der Waals surface area contributed by atoms with Crippen LogP contribution in [0.25, 0.3) is 26.9 Å². The predicted octanol–water partition coefficient (Wildman–Crippen LogP) is 7.04. The number of aromatic nitrogens is 2. The van der Waals surface area contributed by atoms with Crippen molar-refractivity contribution in [2.75, 3.05) is 23.0 Å². The van der Waals surface area contributed by atoms with E-state index < -0.39 is 10.1 Å². The molecule has 0 saturated heterocycles. The minimum atomic E-state index is -4.42. The molecule has 1 aliphatic heterocycles. The van der Waals surface area contributed by atoms with E-state index in [9.17, 15) is 17.8 Å². The molecule has 0 fully saturated rings. The van der Waals surface area contributed by atoms with Gasteiger partial charge in [0.05, 0.1) is 52.2 Å². The second-order valence-electron chi connectivity index (χ2n) is 10.9. The summed E-state index contributed by atoms with van der Waals surface area (Å²) in [5.41, 5.74) is 4.94. The zero-order chi connectivity index (χ0) is 35.0. The number of pyridine rings is 1. The van der Waals surface area contributed by atoms with Crippen LogP contribution in [0.5, 0.6) is 0 Å².